The monoisotopic (exact) mass is 360 g/mol. The van der Waals surface area contributed by atoms with Crippen molar-refractivity contribution in [2.75, 3.05) is 18.4 Å². The highest BCUT2D eigenvalue weighted by atomic mass is 16.3. The van der Waals surface area contributed by atoms with Gasteiger partial charge in [-0.2, -0.15) is 0 Å². The van der Waals surface area contributed by atoms with Gasteiger partial charge in [0.05, 0.1) is 6.04 Å². The van der Waals surface area contributed by atoms with Gasteiger partial charge in [0, 0.05) is 24.2 Å². The minimum atomic E-state index is -0.216. The molecule has 1 unspecified atom stereocenters. The summed E-state index contributed by atoms with van der Waals surface area (Å²) >= 11 is 0. The first kappa shape index (κ1) is 17.6. The highest BCUT2D eigenvalue weighted by Gasteiger charge is 2.24. The molecule has 1 amide bonds. The third-order valence-corrected chi connectivity index (χ3v) is 5.50. The Hall–Kier alpha value is -2.85. The van der Waals surface area contributed by atoms with E-state index in [1.165, 1.54) is 11.1 Å². The van der Waals surface area contributed by atoms with Crippen LogP contribution >= 0.6 is 0 Å². The topological polar surface area (TPSA) is 52.6 Å². The van der Waals surface area contributed by atoms with Gasteiger partial charge < -0.3 is 10.4 Å². The Bertz CT molecular complexity index is 978. The summed E-state index contributed by atoms with van der Waals surface area (Å²) in [6, 6.07) is 19.4. The maximum absolute atomic E-state index is 12.9. The molecule has 1 heterocycles. The summed E-state index contributed by atoms with van der Waals surface area (Å²) in [5, 5.41) is 15.0. The standard InChI is InChI=1S/C23H24N2O2/c1-16(25-13-11-17-9-10-20(26)15-19(17)12-14-25)23(27)24-22-8-4-6-18-5-2-3-7-21(18)22/h2-10,15-16,26H,11-14H2,1H3,(H,24,27). The number of nitrogens with one attached hydrogen (secondary N) is 1. The average Bonchev–Trinajstić information content (AvgIpc) is 2.90. The van der Waals surface area contributed by atoms with E-state index in [1.54, 1.807) is 6.07 Å². The second-order valence-corrected chi connectivity index (χ2v) is 7.18. The zero-order valence-corrected chi connectivity index (χ0v) is 15.5. The molecule has 4 nitrogen and oxygen atoms in total. The number of hydrogen-bond acceptors (Lipinski definition) is 3. The average molecular weight is 360 g/mol. The normalized spacial score (nSPS) is 15.7. The first-order valence-electron chi connectivity index (χ1n) is 9.45. The number of aromatic hydroxyl groups is 1. The van der Waals surface area contributed by atoms with Crippen molar-refractivity contribution >= 4 is 22.4 Å². The smallest absolute Gasteiger partial charge is 0.241 e. The van der Waals surface area contributed by atoms with Crippen molar-refractivity contribution in [2.45, 2.75) is 25.8 Å². The van der Waals surface area contributed by atoms with Gasteiger partial charge in [-0.3, -0.25) is 9.69 Å². The van der Waals surface area contributed by atoms with Gasteiger partial charge in [0.15, 0.2) is 0 Å². The molecular weight excluding hydrogens is 336 g/mol. The van der Waals surface area contributed by atoms with E-state index < -0.39 is 0 Å². The number of anilines is 1. The number of carbonyl (C=O) groups excluding carboxylic acids is 1. The predicted octanol–water partition coefficient (Wildman–Crippen LogP) is 3.97. The van der Waals surface area contributed by atoms with Crippen molar-refractivity contribution in [3.63, 3.8) is 0 Å². The van der Waals surface area contributed by atoms with Crippen LogP contribution in [0.4, 0.5) is 5.69 Å². The second kappa shape index (κ2) is 7.41. The molecule has 0 spiro atoms. The lowest BCUT2D eigenvalue weighted by atomic mass is 10.0. The van der Waals surface area contributed by atoms with Crippen LogP contribution in [0.3, 0.4) is 0 Å². The van der Waals surface area contributed by atoms with Crippen LogP contribution in [0.15, 0.2) is 60.7 Å². The van der Waals surface area contributed by atoms with Crippen LogP contribution in [-0.2, 0) is 17.6 Å². The SMILES string of the molecule is CC(C(=O)Nc1cccc2ccccc12)N1CCc2ccc(O)cc2CC1. The van der Waals surface area contributed by atoms with E-state index in [0.29, 0.717) is 5.75 Å². The minimum Gasteiger partial charge on any atom is -0.508 e. The molecule has 3 aromatic rings. The maximum atomic E-state index is 12.9. The van der Waals surface area contributed by atoms with Crippen molar-refractivity contribution in [1.29, 1.82) is 0 Å². The summed E-state index contributed by atoms with van der Waals surface area (Å²) in [4.78, 5) is 15.1. The van der Waals surface area contributed by atoms with Gasteiger partial charge in [0.2, 0.25) is 5.91 Å². The van der Waals surface area contributed by atoms with Crippen molar-refractivity contribution < 1.29 is 9.90 Å². The van der Waals surface area contributed by atoms with Crippen LogP contribution in [0.2, 0.25) is 0 Å². The fraction of sp³-hybridized carbons (Fsp3) is 0.261. The van der Waals surface area contributed by atoms with Crippen LogP contribution in [0.5, 0.6) is 5.75 Å². The number of carbonyl (C=O) groups is 1. The van der Waals surface area contributed by atoms with Crippen molar-refractivity contribution in [2.24, 2.45) is 0 Å². The zero-order valence-electron chi connectivity index (χ0n) is 15.5. The first-order chi connectivity index (χ1) is 13.1. The summed E-state index contributed by atoms with van der Waals surface area (Å²) in [5.74, 6) is 0.323. The van der Waals surface area contributed by atoms with Crippen molar-refractivity contribution in [1.82, 2.24) is 4.90 Å². The molecule has 1 aliphatic heterocycles. The lowest BCUT2D eigenvalue weighted by Gasteiger charge is -2.26. The summed E-state index contributed by atoms with van der Waals surface area (Å²) in [7, 11) is 0. The number of benzene rings is 3. The van der Waals surface area contributed by atoms with Gasteiger partial charge >= 0.3 is 0 Å². The first-order valence-corrected chi connectivity index (χ1v) is 9.45. The van der Waals surface area contributed by atoms with Crippen LogP contribution in [0, 0.1) is 0 Å². The van der Waals surface area contributed by atoms with Crippen LogP contribution in [-0.4, -0.2) is 35.0 Å². The Balaban J connectivity index is 1.48. The lowest BCUT2D eigenvalue weighted by Crippen LogP contribution is -2.43. The number of phenols is 1. The van der Waals surface area contributed by atoms with Crippen molar-refractivity contribution in [3.05, 3.63) is 71.8 Å². The van der Waals surface area contributed by atoms with Gasteiger partial charge in [0.25, 0.3) is 0 Å². The fourth-order valence-corrected chi connectivity index (χ4v) is 3.85. The molecule has 1 atom stereocenters. The second-order valence-electron chi connectivity index (χ2n) is 7.18. The quantitative estimate of drug-likeness (QED) is 0.743. The molecule has 4 heteroatoms. The predicted molar refractivity (Wildman–Crippen MR) is 109 cm³/mol. The van der Waals surface area contributed by atoms with E-state index in [0.717, 1.165) is 42.4 Å². The molecule has 0 bridgehead atoms. The number of amides is 1. The van der Waals surface area contributed by atoms with E-state index >= 15 is 0 Å². The maximum Gasteiger partial charge on any atom is 0.241 e. The van der Waals surface area contributed by atoms with E-state index in [-0.39, 0.29) is 11.9 Å². The largest absolute Gasteiger partial charge is 0.508 e. The molecule has 27 heavy (non-hydrogen) atoms. The highest BCUT2D eigenvalue weighted by Crippen LogP contribution is 2.24. The van der Waals surface area contributed by atoms with Crippen LogP contribution in [0.1, 0.15) is 18.1 Å². The van der Waals surface area contributed by atoms with Gasteiger partial charge in [-0.05, 0) is 54.5 Å². The minimum absolute atomic E-state index is 0.0140. The van der Waals surface area contributed by atoms with E-state index in [9.17, 15) is 9.90 Å². The molecule has 1 aliphatic rings. The van der Waals surface area contributed by atoms with E-state index in [4.69, 9.17) is 0 Å². The number of nitrogens with zero attached hydrogens (tertiary/aromatic N) is 1. The van der Waals surface area contributed by atoms with Crippen molar-refractivity contribution in [3.8, 4) is 5.75 Å². The third kappa shape index (κ3) is 3.67. The Morgan fingerprint density at radius 3 is 2.59 bits per heavy atom. The Morgan fingerprint density at radius 2 is 1.74 bits per heavy atom. The molecule has 138 valence electrons. The fourth-order valence-electron chi connectivity index (χ4n) is 3.85. The summed E-state index contributed by atoms with van der Waals surface area (Å²) < 4.78 is 0. The molecule has 2 N–H and O–H groups in total. The molecule has 0 saturated carbocycles. The number of phenolic OH excluding ortho intramolecular Hbond substituents is 1. The highest BCUT2D eigenvalue weighted by molar-refractivity contribution is 6.03. The van der Waals surface area contributed by atoms with Gasteiger partial charge in [-0.1, -0.05) is 42.5 Å². The summed E-state index contributed by atoms with van der Waals surface area (Å²) in [6.07, 6.45) is 1.73. The van der Waals surface area contributed by atoms with Crippen LogP contribution < -0.4 is 5.32 Å². The third-order valence-electron chi connectivity index (χ3n) is 5.50. The molecule has 0 saturated heterocycles. The lowest BCUT2D eigenvalue weighted by molar-refractivity contribution is -0.120. The summed E-state index contributed by atoms with van der Waals surface area (Å²) in [5.41, 5.74) is 3.30. The van der Waals surface area contributed by atoms with Gasteiger partial charge in [-0.25, -0.2) is 0 Å². The Morgan fingerprint density at radius 1 is 1.00 bits per heavy atom. The van der Waals surface area contributed by atoms with Gasteiger partial charge in [-0.15, -0.1) is 0 Å². The molecular formula is C23H24N2O2. The number of rotatable bonds is 3. The Labute approximate surface area is 159 Å². The zero-order chi connectivity index (χ0) is 18.8. The Kier molecular flexibility index (Phi) is 4.82. The molecule has 0 fully saturated rings. The number of fused-ring (bicyclic) bond motifs is 2. The van der Waals surface area contributed by atoms with Gasteiger partial charge in [0.1, 0.15) is 5.75 Å². The van der Waals surface area contributed by atoms with Crippen LogP contribution in [0.25, 0.3) is 10.8 Å². The van der Waals surface area contributed by atoms with E-state index in [1.807, 2.05) is 49.4 Å². The molecule has 4 rings (SSSR count). The molecule has 0 aromatic heterocycles. The van der Waals surface area contributed by atoms with E-state index in [2.05, 4.69) is 22.3 Å². The number of hydrogen-bond donors (Lipinski definition) is 2. The molecule has 0 radical (unpaired) electrons. The molecule has 3 aromatic carbocycles. The molecule has 0 aliphatic carbocycles. The summed E-state index contributed by atoms with van der Waals surface area (Å²) in [6.45, 7) is 3.61.